The average Bonchev–Trinajstić information content (AvgIpc) is 4.07. The zero-order chi connectivity index (χ0) is 37.4. The monoisotopic (exact) mass is 727 g/mol. The van der Waals surface area contributed by atoms with Gasteiger partial charge in [-0.15, -0.1) is 0 Å². The molecular formula is C40H65N5O7. The molecule has 292 valence electrons. The Morgan fingerprint density at radius 1 is 0.788 bits per heavy atom. The van der Waals surface area contributed by atoms with Crippen molar-refractivity contribution in [1.82, 2.24) is 20.9 Å². The van der Waals surface area contributed by atoms with Gasteiger partial charge in [-0.2, -0.15) is 0 Å². The Bertz CT molecular complexity index is 1280. The van der Waals surface area contributed by atoms with Crippen molar-refractivity contribution in [3.8, 4) is 0 Å². The predicted octanol–water partition coefficient (Wildman–Crippen LogP) is 4.91. The number of carbonyl (C=O) groups is 6. The fourth-order valence-corrected chi connectivity index (χ4v) is 8.88. The topological polar surface area (TPSA) is 177 Å². The van der Waals surface area contributed by atoms with Crippen molar-refractivity contribution in [2.24, 2.45) is 41.2 Å². The lowest BCUT2D eigenvalue weighted by Gasteiger charge is -2.38. The highest BCUT2D eigenvalue weighted by Gasteiger charge is 2.48. The second kappa shape index (κ2) is 18.2. The summed E-state index contributed by atoms with van der Waals surface area (Å²) < 4.78 is 5.71. The summed E-state index contributed by atoms with van der Waals surface area (Å²) in [5.41, 5.74) is 4.27. The number of primary amides is 1. The molecule has 1 saturated heterocycles. The summed E-state index contributed by atoms with van der Waals surface area (Å²) in [5.74, 6) is -1.81. The lowest BCUT2D eigenvalue weighted by atomic mass is 9.81. The van der Waals surface area contributed by atoms with Crippen LogP contribution in [0.4, 0.5) is 4.79 Å². The van der Waals surface area contributed by atoms with Gasteiger partial charge in [0.25, 0.3) is 5.91 Å². The Kier molecular flexibility index (Phi) is 14.0. The van der Waals surface area contributed by atoms with Crippen LogP contribution in [-0.2, 0) is 28.7 Å². The van der Waals surface area contributed by atoms with E-state index in [-0.39, 0.29) is 23.7 Å². The zero-order valence-corrected chi connectivity index (χ0v) is 31.9. The minimum Gasteiger partial charge on any atom is -0.464 e. The van der Waals surface area contributed by atoms with Crippen molar-refractivity contribution in [3.05, 3.63) is 0 Å². The van der Waals surface area contributed by atoms with Crippen molar-refractivity contribution in [2.75, 3.05) is 13.2 Å². The quantitative estimate of drug-likeness (QED) is 0.115. The maximum Gasteiger partial charge on any atom is 0.331 e. The minimum atomic E-state index is -1.13. The van der Waals surface area contributed by atoms with Crippen LogP contribution in [0.1, 0.15) is 143 Å². The number of nitrogens with two attached hydrogens (primary N) is 1. The highest BCUT2D eigenvalue weighted by molar-refractivity contribution is 6.37. The van der Waals surface area contributed by atoms with E-state index in [0.717, 1.165) is 96.3 Å². The van der Waals surface area contributed by atoms with Crippen LogP contribution in [0.3, 0.4) is 0 Å². The van der Waals surface area contributed by atoms with Gasteiger partial charge in [-0.3, -0.25) is 19.2 Å². The number of rotatable bonds is 18. The second-order valence-electron chi connectivity index (χ2n) is 17.5. The molecular weight excluding hydrogens is 662 g/mol. The van der Waals surface area contributed by atoms with Gasteiger partial charge < -0.3 is 31.3 Å². The number of hydrogen-bond acceptors (Lipinski definition) is 7. The second-order valence-corrected chi connectivity index (χ2v) is 17.5. The van der Waals surface area contributed by atoms with Crippen LogP contribution in [0.25, 0.3) is 0 Å². The van der Waals surface area contributed by atoms with Gasteiger partial charge >= 0.3 is 12.0 Å². The Morgan fingerprint density at radius 3 is 2.06 bits per heavy atom. The average molecular weight is 728 g/mol. The van der Waals surface area contributed by atoms with E-state index in [1.54, 1.807) is 4.90 Å². The van der Waals surface area contributed by atoms with Crippen molar-refractivity contribution in [2.45, 2.75) is 166 Å². The number of hydrogen-bond donors (Lipinski definition) is 4. The van der Waals surface area contributed by atoms with E-state index in [0.29, 0.717) is 56.6 Å². The van der Waals surface area contributed by atoms with Gasteiger partial charge in [0.15, 0.2) is 0 Å². The van der Waals surface area contributed by atoms with E-state index in [9.17, 15) is 28.8 Å². The third-order valence-corrected chi connectivity index (χ3v) is 12.4. The molecule has 4 saturated carbocycles. The molecule has 5 N–H and O–H groups in total. The molecule has 5 fully saturated rings. The molecule has 0 aromatic heterocycles. The number of esters is 1. The first kappa shape index (κ1) is 40.0. The lowest BCUT2D eigenvalue weighted by Crippen LogP contribution is -2.63. The molecule has 0 aromatic carbocycles. The molecule has 2 unspecified atom stereocenters. The summed E-state index contributed by atoms with van der Waals surface area (Å²) in [4.78, 5) is 83.0. The van der Waals surface area contributed by atoms with Crippen LogP contribution < -0.4 is 21.7 Å². The number of urea groups is 1. The summed E-state index contributed by atoms with van der Waals surface area (Å²) in [5, 5.41) is 8.90. The molecule has 4 aliphatic carbocycles. The van der Waals surface area contributed by atoms with Gasteiger partial charge in [0, 0.05) is 6.54 Å². The smallest absolute Gasteiger partial charge is 0.331 e. The van der Waals surface area contributed by atoms with E-state index in [1.807, 2.05) is 0 Å². The fourth-order valence-electron chi connectivity index (χ4n) is 8.88. The van der Waals surface area contributed by atoms with Crippen molar-refractivity contribution < 1.29 is 33.5 Å². The molecule has 12 nitrogen and oxygen atoms in total. The van der Waals surface area contributed by atoms with Crippen molar-refractivity contribution in [1.29, 1.82) is 0 Å². The first-order valence-corrected chi connectivity index (χ1v) is 20.6. The first-order valence-electron chi connectivity index (χ1n) is 20.6. The van der Waals surface area contributed by atoms with E-state index >= 15 is 0 Å². The SMILES string of the molecule is CC(C)CCC(C)C[C@H]1CCN(C(=O)[C@@H](NC(=O)NC2(C(=O)OCC3CC3)CCCCC2)C2CCCCC2)[C@@H]1C(=O)NC(CC1CC1)C(=O)C(N)=O. The Hall–Kier alpha value is -3.18. The van der Waals surface area contributed by atoms with Crippen molar-refractivity contribution >= 4 is 35.5 Å². The number of ketones is 1. The summed E-state index contributed by atoms with van der Waals surface area (Å²) in [6, 6.07) is -3.33. The minimum absolute atomic E-state index is 0.122. The highest BCUT2D eigenvalue weighted by Crippen LogP contribution is 2.37. The van der Waals surface area contributed by atoms with Gasteiger partial charge in [0.2, 0.25) is 17.6 Å². The number of nitrogens with zero attached hydrogens (tertiary/aromatic N) is 1. The maximum atomic E-state index is 14.8. The molecule has 1 heterocycles. The molecule has 0 radical (unpaired) electrons. The molecule has 0 spiro atoms. The summed E-state index contributed by atoms with van der Waals surface area (Å²) >= 11 is 0. The van der Waals surface area contributed by atoms with Crippen LogP contribution in [0.5, 0.6) is 0 Å². The molecule has 5 atom stereocenters. The molecule has 5 amide bonds. The van der Waals surface area contributed by atoms with Gasteiger partial charge in [-0.1, -0.05) is 85.0 Å². The summed E-state index contributed by atoms with van der Waals surface area (Å²) in [6.45, 7) is 7.28. The summed E-state index contributed by atoms with van der Waals surface area (Å²) in [6.07, 6.45) is 15.7. The first-order chi connectivity index (χ1) is 24.9. The normalized spacial score (nSPS) is 25.1. The number of nitrogens with one attached hydrogen (secondary N) is 3. The number of carbonyl (C=O) groups excluding carboxylic acids is 6. The van der Waals surface area contributed by atoms with Crippen LogP contribution in [-0.4, -0.2) is 77.2 Å². The van der Waals surface area contributed by atoms with Gasteiger partial charge in [-0.25, -0.2) is 9.59 Å². The molecule has 1 aliphatic heterocycles. The maximum absolute atomic E-state index is 14.8. The van der Waals surface area contributed by atoms with Crippen LogP contribution in [0, 0.1) is 35.5 Å². The third-order valence-electron chi connectivity index (χ3n) is 12.4. The van der Waals surface area contributed by atoms with E-state index in [4.69, 9.17) is 10.5 Å². The lowest BCUT2D eigenvalue weighted by molar-refractivity contribution is -0.153. The van der Waals surface area contributed by atoms with E-state index < -0.39 is 53.3 Å². The number of ether oxygens (including phenoxy) is 1. The number of likely N-dealkylation sites (tertiary alicyclic amines) is 1. The number of Topliss-reactive ketones (excluding diaryl/α,β-unsaturated/α-hetero) is 1. The molecule has 52 heavy (non-hydrogen) atoms. The van der Waals surface area contributed by atoms with E-state index in [2.05, 4.69) is 36.7 Å². The fraction of sp³-hybridized carbons (Fsp3) is 0.850. The molecule has 0 bridgehead atoms. The zero-order valence-electron chi connectivity index (χ0n) is 31.9. The molecule has 0 aromatic rings. The molecule has 12 heteroatoms. The van der Waals surface area contributed by atoms with Gasteiger partial charge in [-0.05, 0) is 93.3 Å². The summed E-state index contributed by atoms with van der Waals surface area (Å²) in [7, 11) is 0. The number of amides is 5. The van der Waals surface area contributed by atoms with Gasteiger partial charge in [0.1, 0.15) is 17.6 Å². The predicted molar refractivity (Wildman–Crippen MR) is 196 cm³/mol. The third kappa shape index (κ3) is 10.9. The standard InChI is InChI=1S/C40H65N5O7/c1-25(2)12-13-26(3)22-30-18-21-45(33(30)36(48)42-31(23-27-14-15-27)34(46)35(41)47)37(49)32(29-10-6-4-7-11-29)43-39(51)44-40(19-8-5-9-20-40)38(50)52-24-28-16-17-28/h25-33H,4-24H2,1-3H3,(H2,41,47)(H,42,48)(H2,43,44,51)/t26?,30-,31?,32+,33+/m1/s1. The Morgan fingerprint density at radius 2 is 1.44 bits per heavy atom. The van der Waals surface area contributed by atoms with Crippen LogP contribution in [0.15, 0.2) is 0 Å². The van der Waals surface area contributed by atoms with Gasteiger partial charge in [0.05, 0.1) is 12.6 Å². The van der Waals surface area contributed by atoms with Crippen LogP contribution in [0.2, 0.25) is 0 Å². The van der Waals surface area contributed by atoms with E-state index in [1.165, 1.54) is 0 Å². The van der Waals surface area contributed by atoms with Crippen molar-refractivity contribution in [3.63, 3.8) is 0 Å². The molecule has 5 rings (SSSR count). The highest BCUT2D eigenvalue weighted by atomic mass is 16.5. The molecule has 5 aliphatic rings. The van der Waals surface area contributed by atoms with Crippen LogP contribution >= 0.6 is 0 Å². The largest absolute Gasteiger partial charge is 0.464 e. The Balaban J connectivity index is 1.36. The Labute approximate surface area is 310 Å².